The monoisotopic (exact) mass is 271 g/mol. The summed E-state index contributed by atoms with van der Waals surface area (Å²) in [5.74, 6) is 1.73. The molecule has 4 heteroatoms. The molecule has 0 unspecified atom stereocenters. The number of hydrogen-bond donors (Lipinski definition) is 0. The minimum Gasteiger partial charge on any atom is -0.381 e. The number of piperidine rings is 1. The fourth-order valence-electron chi connectivity index (χ4n) is 3.46. The van der Waals surface area contributed by atoms with E-state index in [9.17, 15) is 0 Å². The summed E-state index contributed by atoms with van der Waals surface area (Å²) in [5.41, 5.74) is 1.64. The van der Waals surface area contributed by atoms with Crippen molar-refractivity contribution in [3.05, 3.63) is 24.0 Å². The van der Waals surface area contributed by atoms with Crippen LogP contribution in [0.4, 0.5) is 5.69 Å². The highest BCUT2D eigenvalue weighted by Gasteiger charge is 2.27. The summed E-state index contributed by atoms with van der Waals surface area (Å²) in [6.45, 7) is 4.11. The van der Waals surface area contributed by atoms with Crippen LogP contribution in [-0.2, 0) is 4.74 Å². The average Bonchev–Trinajstić information content (AvgIpc) is 2.56. The SMILES string of the molecule is N#Cc1ccc(N2CCC(C3CCOCC3)CC2)cn1. The molecule has 3 rings (SSSR count). The van der Waals surface area contributed by atoms with Gasteiger partial charge in [-0.2, -0.15) is 5.26 Å². The first-order valence-electron chi connectivity index (χ1n) is 7.55. The number of anilines is 1. The first-order valence-corrected chi connectivity index (χ1v) is 7.55. The van der Waals surface area contributed by atoms with Crippen LogP contribution in [-0.4, -0.2) is 31.3 Å². The molecule has 0 aliphatic carbocycles. The van der Waals surface area contributed by atoms with Gasteiger partial charge in [-0.15, -0.1) is 0 Å². The van der Waals surface area contributed by atoms with Crippen molar-refractivity contribution in [2.24, 2.45) is 11.8 Å². The number of ether oxygens (including phenoxy) is 1. The van der Waals surface area contributed by atoms with E-state index >= 15 is 0 Å². The van der Waals surface area contributed by atoms with Crippen LogP contribution in [0, 0.1) is 23.2 Å². The zero-order valence-electron chi connectivity index (χ0n) is 11.8. The van der Waals surface area contributed by atoms with E-state index in [4.69, 9.17) is 10.00 Å². The van der Waals surface area contributed by atoms with E-state index in [1.807, 2.05) is 12.3 Å². The van der Waals surface area contributed by atoms with Gasteiger partial charge in [0.25, 0.3) is 0 Å². The Bertz CT molecular complexity index is 465. The topological polar surface area (TPSA) is 49.2 Å². The van der Waals surface area contributed by atoms with E-state index in [1.165, 1.54) is 25.7 Å². The quantitative estimate of drug-likeness (QED) is 0.829. The molecule has 0 saturated carbocycles. The highest BCUT2D eigenvalue weighted by Crippen LogP contribution is 2.33. The first kappa shape index (κ1) is 13.4. The molecule has 0 amide bonds. The molecule has 2 saturated heterocycles. The summed E-state index contributed by atoms with van der Waals surface area (Å²) < 4.78 is 5.46. The largest absolute Gasteiger partial charge is 0.381 e. The number of rotatable bonds is 2. The summed E-state index contributed by atoms with van der Waals surface area (Å²) in [6.07, 6.45) is 6.84. The van der Waals surface area contributed by atoms with Gasteiger partial charge in [-0.25, -0.2) is 4.98 Å². The van der Waals surface area contributed by atoms with Crippen LogP contribution >= 0.6 is 0 Å². The third kappa shape index (κ3) is 2.94. The Hall–Kier alpha value is -1.60. The van der Waals surface area contributed by atoms with Crippen molar-refractivity contribution >= 4 is 5.69 Å². The maximum Gasteiger partial charge on any atom is 0.140 e. The molecule has 1 aromatic rings. The predicted molar refractivity (Wildman–Crippen MR) is 77.4 cm³/mol. The fraction of sp³-hybridized carbons (Fsp3) is 0.625. The number of aromatic nitrogens is 1. The second kappa shape index (κ2) is 6.23. The van der Waals surface area contributed by atoms with Gasteiger partial charge in [0.05, 0.1) is 11.9 Å². The fourth-order valence-corrected chi connectivity index (χ4v) is 3.46. The number of nitriles is 1. The highest BCUT2D eigenvalue weighted by molar-refractivity contribution is 5.46. The van der Waals surface area contributed by atoms with Crippen molar-refractivity contribution in [1.82, 2.24) is 4.98 Å². The molecule has 106 valence electrons. The van der Waals surface area contributed by atoms with Gasteiger partial charge < -0.3 is 9.64 Å². The molecule has 0 radical (unpaired) electrons. The second-order valence-electron chi connectivity index (χ2n) is 5.79. The number of nitrogens with zero attached hydrogens (tertiary/aromatic N) is 3. The first-order chi connectivity index (χ1) is 9.86. The van der Waals surface area contributed by atoms with Crippen molar-refractivity contribution < 1.29 is 4.74 Å². The maximum atomic E-state index is 8.78. The van der Waals surface area contributed by atoms with Gasteiger partial charge in [0.15, 0.2) is 0 Å². The smallest absolute Gasteiger partial charge is 0.140 e. The molecule has 3 heterocycles. The van der Waals surface area contributed by atoms with E-state index in [2.05, 4.69) is 16.0 Å². The lowest BCUT2D eigenvalue weighted by Gasteiger charge is -2.38. The molecule has 0 N–H and O–H groups in total. The summed E-state index contributed by atoms with van der Waals surface area (Å²) in [6, 6.07) is 5.89. The molecule has 0 spiro atoms. The molecule has 4 nitrogen and oxygen atoms in total. The van der Waals surface area contributed by atoms with Gasteiger partial charge in [-0.1, -0.05) is 0 Å². The van der Waals surface area contributed by atoms with Crippen LogP contribution in [0.3, 0.4) is 0 Å². The van der Waals surface area contributed by atoms with Gasteiger partial charge in [0.2, 0.25) is 0 Å². The van der Waals surface area contributed by atoms with E-state index in [-0.39, 0.29) is 0 Å². The number of hydrogen-bond acceptors (Lipinski definition) is 4. The van der Waals surface area contributed by atoms with E-state index in [1.54, 1.807) is 6.07 Å². The molecule has 1 aromatic heterocycles. The maximum absolute atomic E-state index is 8.78. The van der Waals surface area contributed by atoms with Crippen LogP contribution in [0.15, 0.2) is 18.3 Å². The lowest BCUT2D eigenvalue weighted by molar-refractivity contribution is 0.0419. The van der Waals surface area contributed by atoms with Gasteiger partial charge in [-0.3, -0.25) is 0 Å². The van der Waals surface area contributed by atoms with Gasteiger partial charge in [0.1, 0.15) is 11.8 Å². The molecule has 0 atom stereocenters. The Kier molecular flexibility index (Phi) is 4.17. The van der Waals surface area contributed by atoms with Crippen molar-refractivity contribution in [2.75, 3.05) is 31.2 Å². The second-order valence-corrected chi connectivity index (χ2v) is 5.79. The standard InChI is InChI=1S/C16H21N3O/c17-11-15-1-2-16(12-18-15)19-7-3-13(4-8-19)14-5-9-20-10-6-14/h1-2,12-14H,3-10H2. The summed E-state index contributed by atoms with van der Waals surface area (Å²) in [4.78, 5) is 6.55. The summed E-state index contributed by atoms with van der Waals surface area (Å²) >= 11 is 0. The normalized spacial score (nSPS) is 21.6. The minimum atomic E-state index is 0.492. The van der Waals surface area contributed by atoms with Crippen LogP contribution < -0.4 is 4.90 Å². The van der Waals surface area contributed by atoms with Crippen LogP contribution in [0.2, 0.25) is 0 Å². The zero-order chi connectivity index (χ0) is 13.8. The van der Waals surface area contributed by atoms with Crippen molar-refractivity contribution in [1.29, 1.82) is 5.26 Å². The predicted octanol–water partition coefficient (Wildman–Crippen LogP) is 2.60. The highest BCUT2D eigenvalue weighted by atomic mass is 16.5. The van der Waals surface area contributed by atoms with Crippen LogP contribution in [0.25, 0.3) is 0 Å². The molecule has 20 heavy (non-hydrogen) atoms. The van der Waals surface area contributed by atoms with E-state index in [0.29, 0.717) is 5.69 Å². The molecule has 2 aliphatic heterocycles. The van der Waals surface area contributed by atoms with Crippen LogP contribution in [0.1, 0.15) is 31.4 Å². The van der Waals surface area contributed by atoms with Gasteiger partial charge >= 0.3 is 0 Å². The molecule has 2 aliphatic rings. The lowest BCUT2D eigenvalue weighted by atomic mass is 9.80. The summed E-state index contributed by atoms with van der Waals surface area (Å²) in [5, 5.41) is 8.78. The van der Waals surface area contributed by atoms with E-state index < -0.39 is 0 Å². The third-order valence-corrected chi connectivity index (χ3v) is 4.70. The molecular formula is C16H21N3O. The Balaban J connectivity index is 1.56. The van der Waals surface area contributed by atoms with Crippen LogP contribution in [0.5, 0.6) is 0 Å². The molecule has 0 bridgehead atoms. The lowest BCUT2D eigenvalue weighted by Crippen LogP contribution is -2.37. The molecule has 2 fully saturated rings. The molecular weight excluding hydrogens is 250 g/mol. The Morgan fingerprint density at radius 3 is 2.40 bits per heavy atom. The average molecular weight is 271 g/mol. The molecule has 0 aromatic carbocycles. The van der Waals surface area contributed by atoms with Crippen molar-refractivity contribution in [3.8, 4) is 6.07 Å². The third-order valence-electron chi connectivity index (χ3n) is 4.70. The Morgan fingerprint density at radius 1 is 1.10 bits per heavy atom. The van der Waals surface area contributed by atoms with Crippen molar-refractivity contribution in [2.45, 2.75) is 25.7 Å². The van der Waals surface area contributed by atoms with Gasteiger partial charge in [0, 0.05) is 26.3 Å². The zero-order valence-corrected chi connectivity index (χ0v) is 11.8. The van der Waals surface area contributed by atoms with E-state index in [0.717, 1.165) is 43.8 Å². The minimum absolute atomic E-state index is 0.492. The Labute approximate surface area is 120 Å². The summed E-state index contributed by atoms with van der Waals surface area (Å²) in [7, 11) is 0. The number of pyridine rings is 1. The van der Waals surface area contributed by atoms with Gasteiger partial charge in [-0.05, 0) is 49.7 Å². The van der Waals surface area contributed by atoms with Crippen molar-refractivity contribution in [3.63, 3.8) is 0 Å². The Morgan fingerprint density at radius 2 is 1.80 bits per heavy atom.